The van der Waals surface area contributed by atoms with E-state index in [9.17, 15) is 13.2 Å². The van der Waals surface area contributed by atoms with Crippen LogP contribution in [0.3, 0.4) is 0 Å². The van der Waals surface area contributed by atoms with Gasteiger partial charge in [0.2, 0.25) is 5.91 Å². The molecule has 1 saturated heterocycles. The van der Waals surface area contributed by atoms with Gasteiger partial charge in [-0.1, -0.05) is 6.07 Å². The molecular weight excluding hydrogens is 334 g/mol. The van der Waals surface area contributed by atoms with Crippen molar-refractivity contribution in [2.45, 2.75) is 12.8 Å². The standard InChI is InChI=1S/C15H23N3O3S2/c1-17(2)23(20,21)18-9-7-13(8-10-18)12-16-15(19)6-5-14-4-3-11-22-14/h3-6,11,13H,7-10,12H2,1-2H3,(H,16,19). The summed E-state index contributed by atoms with van der Waals surface area (Å²) >= 11 is 1.58. The van der Waals surface area contributed by atoms with Gasteiger partial charge >= 0.3 is 0 Å². The lowest BCUT2D eigenvalue weighted by Crippen LogP contribution is -2.45. The van der Waals surface area contributed by atoms with Crippen molar-refractivity contribution in [1.29, 1.82) is 0 Å². The number of nitrogens with one attached hydrogen (secondary N) is 1. The van der Waals surface area contributed by atoms with Gasteiger partial charge in [0.25, 0.3) is 10.2 Å². The molecule has 23 heavy (non-hydrogen) atoms. The number of carbonyl (C=O) groups is 1. The largest absolute Gasteiger partial charge is 0.352 e. The molecule has 0 atom stereocenters. The van der Waals surface area contributed by atoms with Crippen LogP contribution in [0.5, 0.6) is 0 Å². The van der Waals surface area contributed by atoms with Gasteiger partial charge in [0.1, 0.15) is 0 Å². The zero-order valence-corrected chi connectivity index (χ0v) is 15.1. The van der Waals surface area contributed by atoms with Crippen LogP contribution in [0.25, 0.3) is 6.08 Å². The lowest BCUT2D eigenvalue weighted by atomic mass is 9.98. The van der Waals surface area contributed by atoms with Crippen molar-refractivity contribution in [2.24, 2.45) is 5.92 Å². The first-order chi connectivity index (χ1) is 10.9. The molecule has 0 spiro atoms. The monoisotopic (exact) mass is 357 g/mol. The maximum absolute atomic E-state index is 12.0. The fourth-order valence-corrected chi connectivity index (χ4v) is 4.17. The van der Waals surface area contributed by atoms with Crippen molar-refractivity contribution in [3.63, 3.8) is 0 Å². The van der Waals surface area contributed by atoms with E-state index in [0.29, 0.717) is 25.6 Å². The number of hydrogen-bond donors (Lipinski definition) is 1. The molecule has 0 bridgehead atoms. The number of thiophene rings is 1. The average Bonchev–Trinajstić information content (AvgIpc) is 3.04. The van der Waals surface area contributed by atoms with E-state index in [1.165, 1.54) is 14.7 Å². The Morgan fingerprint density at radius 2 is 2.13 bits per heavy atom. The number of amides is 1. The van der Waals surface area contributed by atoms with Gasteiger partial charge in [0.15, 0.2) is 0 Å². The van der Waals surface area contributed by atoms with Gasteiger partial charge in [-0.2, -0.15) is 17.0 Å². The minimum absolute atomic E-state index is 0.109. The summed E-state index contributed by atoms with van der Waals surface area (Å²) in [4.78, 5) is 12.8. The number of nitrogens with zero attached hydrogens (tertiary/aromatic N) is 2. The fraction of sp³-hybridized carbons (Fsp3) is 0.533. The molecule has 0 saturated carbocycles. The van der Waals surface area contributed by atoms with Gasteiger partial charge in [-0.3, -0.25) is 4.79 Å². The van der Waals surface area contributed by atoms with Crippen molar-refractivity contribution in [1.82, 2.24) is 13.9 Å². The molecule has 0 aliphatic carbocycles. The highest BCUT2D eigenvalue weighted by molar-refractivity contribution is 7.86. The van der Waals surface area contributed by atoms with Gasteiger partial charge in [0, 0.05) is 44.7 Å². The van der Waals surface area contributed by atoms with Crippen LogP contribution in [0, 0.1) is 5.92 Å². The molecule has 1 N–H and O–H groups in total. The van der Waals surface area contributed by atoms with E-state index in [-0.39, 0.29) is 5.91 Å². The number of piperidine rings is 1. The van der Waals surface area contributed by atoms with Crippen LogP contribution >= 0.6 is 11.3 Å². The quantitative estimate of drug-likeness (QED) is 0.783. The minimum atomic E-state index is -3.32. The average molecular weight is 358 g/mol. The summed E-state index contributed by atoms with van der Waals surface area (Å²) in [5.41, 5.74) is 0. The van der Waals surface area contributed by atoms with Gasteiger partial charge in [0.05, 0.1) is 0 Å². The molecule has 1 amide bonds. The van der Waals surface area contributed by atoms with Crippen LogP contribution in [0.15, 0.2) is 23.6 Å². The van der Waals surface area contributed by atoms with Gasteiger partial charge in [-0.25, -0.2) is 0 Å². The Labute approximate surface area is 142 Å². The second-order valence-electron chi connectivity index (χ2n) is 5.73. The minimum Gasteiger partial charge on any atom is -0.352 e. The summed E-state index contributed by atoms with van der Waals surface area (Å²) in [7, 11) is -0.233. The van der Waals surface area contributed by atoms with Gasteiger partial charge < -0.3 is 5.32 Å². The molecule has 0 radical (unpaired) electrons. The van der Waals surface area contributed by atoms with E-state index in [2.05, 4.69) is 5.32 Å². The van der Waals surface area contributed by atoms with Crippen LogP contribution in [-0.4, -0.2) is 56.7 Å². The first kappa shape index (κ1) is 18.1. The van der Waals surface area contributed by atoms with Crippen LogP contribution < -0.4 is 5.32 Å². The summed E-state index contributed by atoms with van der Waals surface area (Å²) in [6, 6.07) is 3.90. The topological polar surface area (TPSA) is 69.7 Å². The normalized spacial score (nSPS) is 17.9. The van der Waals surface area contributed by atoms with E-state index < -0.39 is 10.2 Å². The molecule has 1 aromatic rings. The first-order valence-corrected chi connectivity index (χ1v) is 9.84. The summed E-state index contributed by atoms with van der Waals surface area (Å²) in [5.74, 6) is 0.212. The second kappa shape index (κ2) is 8.05. The van der Waals surface area contributed by atoms with E-state index >= 15 is 0 Å². The van der Waals surface area contributed by atoms with Crippen molar-refractivity contribution in [2.75, 3.05) is 33.7 Å². The zero-order chi connectivity index (χ0) is 16.9. The molecule has 0 aromatic carbocycles. The van der Waals surface area contributed by atoms with Gasteiger partial charge in [-0.15, -0.1) is 11.3 Å². The summed E-state index contributed by atoms with van der Waals surface area (Å²) in [6.45, 7) is 1.60. The Hall–Kier alpha value is -1.22. The lowest BCUT2D eigenvalue weighted by molar-refractivity contribution is -0.116. The van der Waals surface area contributed by atoms with E-state index in [1.54, 1.807) is 31.5 Å². The molecule has 6 nitrogen and oxygen atoms in total. The second-order valence-corrected chi connectivity index (χ2v) is 8.85. The number of rotatable bonds is 6. The maximum atomic E-state index is 12.0. The number of hydrogen-bond acceptors (Lipinski definition) is 4. The summed E-state index contributed by atoms with van der Waals surface area (Å²) in [6.07, 6.45) is 4.87. The molecule has 2 rings (SSSR count). The first-order valence-electron chi connectivity index (χ1n) is 7.56. The third kappa shape index (κ3) is 5.13. The molecule has 0 unspecified atom stereocenters. The molecule has 1 fully saturated rings. The Kier molecular flexibility index (Phi) is 6.34. The smallest absolute Gasteiger partial charge is 0.281 e. The Balaban J connectivity index is 1.73. The van der Waals surface area contributed by atoms with E-state index in [1.807, 2.05) is 17.5 Å². The molecule has 128 valence electrons. The Morgan fingerprint density at radius 1 is 1.43 bits per heavy atom. The molecule has 2 heterocycles. The Morgan fingerprint density at radius 3 is 2.70 bits per heavy atom. The Bertz CT molecular complexity index is 631. The third-order valence-electron chi connectivity index (χ3n) is 3.87. The zero-order valence-electron chi connectivity index (χ0n) is 13.4. The van der Waals surface area contributed by atoms with Crippen molar-refractivity contribution < 1.29 is 13.2 Å². The van der Waals surface area contributed by atoms with E-state index in [0.717, 1.165) is 17.7 Å². The fourth-order valence-electron chi connectivity index (χ4n) is 2.42. The number of carbonyl (C=O) groups excluding carboxylic acids is 1. The van der Waals surface area contributed by atoms with Crippen LogP contribution in [0.2, 0.25) is 0 Å². The summed E-state index contributed by atoms with van der Waals surface area (Å²) < 4.78 is 26.8. The van der Waals surface area contributed by atoms with E-state index in [4.69, 9.17) is 0 Å². The molecule has 1 aromatic heterocycles. The van der Waals surface area contributed by atoms with Crippen molar-refractivity contribution >= 4 is 33.5 Å². The highest BCUT2D eigenvalue weighted by Crippen LogP contribution is 2.19. The molecule has 1 aliphatic heterocycles. The van der Waals surface area contributed by atoms with Crippen molar-refractivity contribution in [3.05, 3.63) is 28.5 Å². The van der Waals surface area contributed by atoms with Gasteiger partial charge in [-0.05, 0) is 36.3 Å². The predicted octanol–water partition coefficient (Wildman–Crippen LogP) is 1.40. The van der Waals surface area contributed by atoms with Crippen LogP contribution in [0.4, 0.5) is 0 Å². The van der Waals surface area contributed by atoms with Crippen molar-refractivity contribution in [3.8, 4) is 0 Å². The van der Waals surface area contributed by atoms with Crippen LogP contribution in [-0.2, 0) is 15.0 Å². The molecule has 8 heteroatoms. The maximum Gasteiger partial charge on any atom is 0.281 e. The predicted molar refractivity (Wildman–Crippen MR) is 93.3 cm³/mol. The molecule has 1 aliphatic rings. The summed E-state index contributed by atoms with van der Waals surface area (Å²) in [5, 5.41) is 4.86. The SMILES string of the molecule is CN(C)S(=O)(=O)N1CCC(CNC(=O)C=Cc2cccs2)CC1. The van der Waals surface area contributed by atoms with Crippen LogP contribution in [0.1, 0.15) is 17.7 Å². The highest BCUT2D eigenvalue weighted by atomic mass is 32.2. The lowest BCUT2D eigenvalue weighted by Gasteiger charge is -2.32. The molecular formula is C15H23N3O3S2. The third-order valence-corrected chi connectivity index (χ3v) is 6.65. The highest BCUT2D eigenvalue weighted by Gasteiger charge is 2.29.